The molecule has 0 unspecified atom stereocenters. The quantitative estimate of drug-likeness (QED) is 0.882. The number of carbonyl (C=O) groups excluding carboxylic acids is 2. The molecule has 2 aromatic rings. The zero-order valence-corrected chi connectivity index (χ0v) is 16.1. The summed E-state index contributed by atoms with van der Waals surface area (Å²) >= 11 is 0. The second-order valence-corrected chi connectivity index (χ2v) is 7.05. The van der Waals surface area contributed by atoms with E-state index in [9.17, 15) is 9.59 Å². The zero-order chi connectivity index (χ0) is 19.2. The van der Waals surface area contributed by atoms with Gasteiger partial charge in [0, 0.05) is 30.5 Å². The number of anilines is 1. The summed E-state index contributed by atoms with van der Waals surface area (Å²) < 4.78 is 0. The van der Waals surface area contributed by atoms with Gasteiger partial charge in [0.2, 0.25) is 0 Å². The Bertz CT molecular complexity index is 824. The minimum atomic E-state index is -0.287. The number of amides is 2. The van der Waals surface area contributed by atoms with E-state index in [0.717, 1.165) is 49.2 Å². The third-order valence-electron chi connectivity index (χ3n) is 5.11. The van der Waals surface area contributed by atoms with Crippen LogP contribution in [-0.2, 0) is 6.42 Å². The molecule has 0 radical (unpaired) electrons. The highest BCUT2D eigenvalue weighted by Crippen LogP contribution is 2.22. The van der Waals surface area contributed by atoms with Gasteiger partial charge in [0.15, 0.2) is 0 Å². The van der Waals surface area contributed by atoms with Crippen molar-refractivity contribution in [3.63, 3.8) is 0 Å². The van der Waals surface area contributed by atoms with Gasteiger partial charge in [-0.05, 0) is 49.4 Å². The van der Waals surface area contributed by atoms with Gasteiger partial charge in [-0.2, -0.15) is 0 Å². The van der Waals surface area contributed by atoms with Crippen molar-refractivity contribution >= 4 is 17.5 Å². The molecule has 142 valence electrons. The highest BCUT2D eigenvalue weighted by molar-refractivity contribution is 6.05. The summed E-state index contributed by atoms with van der Waals surface area (Å²) in [5.41, 5.74) is 3.72. The van der Waals surface area contributed by atoms with Crippen LogP contribution in [0.5, 0.6) is 0 Å². The maximum atomic E-state index is 12.8. The van der Waals surface area contributed by atoms with Gasteiger partial charge in [-0.1, -0.05) is 38.0 Å². The maximum Gasteiger partial charge on any atom is 0.274 e. The van der Waals surface area contributed by atoms with Gasteiger partial charge in [-0.25, -0.2) is 0 Å². The topological polar surface area (TPSA) is 62.3 Å². The third-order valence-corrected chi connectivity index (χ3v) is 5.11. The van der Waals surface area contributed by atoms with Gasteiger partial charge >= 0.3 is 0 Å². The number of hydrogen-bond donors (Lipinski definition) is 1. The zero-order valence-electron chi connectivity index (χ0n) is 16.1. The van der Waals surface area contributed by atoms with E-state index in [1.807, 2.05) is 30.0 Å². The Hall–Kier alpha value is -2.69. The van der Waals surface area contributed by atoms with Gasteiger partial charge in [-0.3, -0.25) is 14.6 Å². The first-order valence-corrected chi connectivity index (χ1v) is 9.75. The Balaban J connectivity index is 1.79. The molecule has 0 spiro atoms. The molecule has 2 heterocycles. The van der Waals surface area contributed by atoms with Crippen LogP contribution in [0, 0.1) is 6.92 Å². The number of aromatic nitrogens is 1. The number of aryl methyl sites for hydroxylation is 2. The van der Waals surface area contributed by atoms with Crippen molar-refractivity contribution in [1.29, 1.82) is 0 Å². The number of nitrogens with one attached hydrogen (secondary N) is 1. The summed E-state index contributed by atoms with van der Waals surface area (Å²) in [5, 5.41) is 2.98. The molecule has 1 aromatic carbocycles. The fourth-order valence-electron chi connectivity index (χ4n) is 3.52. The van der Waals surface area contributed by atoms with Crippen molar-refractivity contribution in [1.82, 2.24) is 9.88 Å². The van der Waals surface area contributed by atoms with E-state index in [4.69, 9.17) is 0 Å². The van der Waals surface area contributed by atoms with Gasteiger partial charge < -0.3 is 10.2 Å². The smallest absolute Gasteiger partial charge is 0.274 e. The lowest BCUT2D eigenvalue weighted by Crippen LogP contribution is -2.32. The van der Waals surface area contributed by atoms with E-state index in [-0.39, 0.29) is 17.5 Å². The molecule has 0 bridgehead atoms. The highest BCUT2D eigenvalue weighted by Gasteiger charge is 2.19. The largest absolute Gasteiger partial charge is 0.339 e. The fraction of sp³-hybridized carbons (Fsp3) is 0.409. The Kier molecular flexibility index (Phi) is 6.22. The molecule has 0 atom stereocenters. The molecule has 1 aliphatic heterocycles. The second kappa shape index (κ2) is 8.80. The molecular formula is C22H27N3O2. The summed E-state index contributed by atoms with van der Waals surface area (Å²) in [4.78, 5) is 31.6. The van der Waals surface area contributed by atoms with Crippen LogP contribution >= 0.6 is 0 Å². The van der Waals surface area contributed by atoms with E-state index in [1.165, 1.54) is 12.8 Å². The van der Waals surface area contributed by atoms with Crippen LogP contribution in [0.15, 0.2) is 36.5 Å². The Morgan fingerprint density at radius 2 is 1.85 bits per heavy atom. The summed E-state index contributed by atoms with van der Waals surface area (Å²) in [6.07, 6.45) is 6.79. The van der Waals surface area contributed by atoms with E-state index in [0.29, 0.717) is 5.56 Å². The lowest BCUT2D eigenvalue weighted by molar-refractivity contribution is 0.0761. The highest BCUT2D eigenvalue weighted by atomic mass is 16.2. The summed E-state index contributed by atoms with van der Waals surface area (Å²) in [6.45, 7) is 5.60. The molecule has 0 aliphatic carbocycles. The number of nitrogens with zero attached hydrogens (tertiary/aromatic N) is 2. The van der Waals surface area contributed by atoms with Crippen molar-refractivity contribution in [2.75, 3.05) is 18.4 Å². The number of carbonyl (C=O) groups is 2. The molecule has 27 heavy (non-hydrogen) atoms. The van der Waals surface area contributed by atoms with Crippen molar-refractivity contribution < 1.29 is 9.59 Å². The van der Waals surface area contributed by atoms with Crippen LogP contribution < -0.4 is 5.32 Å². The number of benzene rings is 1. The average molecular weight is 365 g/mol. The molecule has 0 saturated carbocycles. The minimum absolute atomic E-state index is 0.0153. The van der Waals surface area contributed by atoms with E-state index < -0.39 is 0 Å². The summed E-state index contributed by atoms with van der Waals surface area (Å²) in [7, 11) is 0. The molecule has 1 aliphatic rings. The van der Waals surface area contributed by atoms with E-state index in [1.54, 1.807) is 18.3 Å². The predicted octanol–water partition coefficient (Wildman–Crippen LogP) is 4.22. The van der Waals surface area contributed by atoms with E-state index >= 15 is 0 Å². The average Bonchev–Trinajstić information content (AvgIpc) is 2.98. The van der Waals surface area contributed by atoms with Gasteiger partial charge in [0.1, 0.15) is 5.69 Å². The number of hydrogen-bond acceptors (Lipinski definition) is 3. The minimum Gasteiger partial charge on any atom is -0.339 e. The van der Waals surface area contributed by atoms with Gasteiger partial charge in [-0.15, -0.1) is 0 Å². The predicted molar refractivity (Wildman–Crippen MR) is 107 cm³/mol. The first kappa shape index (κ1) is 19.1. The summed E-state index contributed by atoms with van der Waals surface area (Å²) in [5.74, 6) is -0.303. The van der Waals surface area contributed by atoms with Crippen LogP contribution in [0.1, 0.15) is 64.6 Å². The van der Waals surface area contributed by atoms with Crippen molar-refractivity contribution in [2.45, 2.75) is 46.0 Å². The first-order valence-electron chi connectivity index (χ1n) is 9.75. The number of rotatable bonds is 4. The molecule has 3 rings (SSSR count). The van der Waals surface area contributed by atoms with Crippen LogP contribution in [0.4, 0.5) is 5.69 Å². The molecule has 5 nitrogen and oxygen atoms in total. The lowest BCUT2D eigenvalue weighted by atomic mass is 10.1. The van der Waals surface area contributed by atoms with Crippen molar-refractivity contribution in [2.24, 2.45) is 0 Å². The Morgan fingerprint density at radius 1 is 1.11 bits per heavy atom. The number of pyridine rings is 1. The Morgan fingerprint density at radius 3 is 2.56 bits per heavy atom. The molecule has 1 fully saturated rings. The monoisotopic (exact) mass is 365 g/mol. The SMILES string of the molecule is CCc1cccc(C)c1NC(=O)c1cc(C(=O)N2CCCCCC2)ccn1. The van der Waals surface area contributed by atoms with Crippen LogP contribution in [0.3, 0.4) is 0 Å². The van der Waals surface area contributed by atoms with Crippen molar-refractivity contribution in [3.8, 4) is 0 Å². The first-order chi connectivity index (χ1) is 13.1. The number of likely N-dealkylation sites (tertiary alicyclic amines) is 1. The molecule has 1 aromatic heterocycles. The van der Waals surface area contributed by atoms with Crippen LogP contribution in [-0.4, -0.2) is 34.8 Å². The standard InChI is InChI=1S/C22H27N3O2/c1-3-17-10-8-9-16(2)20(17)24-21(26)19-15-18(11-12-23-19)22(27)25-13-6-4-5-7-14-25/h8-12,15H,3-7,13-14H2,1-2H3,(H,24,26). The molecule has 2 amide bonds. The van der Waals surface area contributed by atoms with Crippen molar-refractivity contribution in [3.05, 3.63) is 58.9 Å². The second-order valence-electron chi connectivity index (χ2n) is 7.05. The maximum absolute atomic E-state index is 12.8. The summed E-state index contributed by atoms with van der Waals surface area (Å²) in [6, 6.07) is 9.26. The third kappa shape index (κ3) is 4.54. The van der Waals surface area contributed by atoms with Gasteiger partial charge in [0.05, 0.1) is 0 Å². The molecule has 5 heteroatoms. The van der Waals surface area contributed by atoms with E-state index in [2.05, 4.69) is 17.2 Å². The number of para-hydroxylation sites is 1. The fourth-order valence-corrected chi connectivity index (χ4v) is 3.52. The Labute approximate surface area is 160 Å². The van der Waals surface area contributed by atoms with Crippen LogP contribution in [0.2, 0.25) is 0 Å². The molecular weight excluding hydrogens is 338 g/mol. The van der Waals surface area contributed by atoms with Gasteiger partial charge in [0.25, 0.3) is 11.8 Å². The lowest BCUT2D eigenvalue weighted by Gasteiger charge is -2.20. The molecule has 1 saturated heterocycles. The molecule has 1 N–H and O–H groups in total. The normalized spacial score (nSPS) is 14.5. The van der Waals surface area contributed by atoms with Crippen LogP contribution in [0.25, 0.3) is 0 Å².